The number of nitrogens with zero attached hydrogens (tertiary/aromatic N) is 3. The maximum Gasteiger partial charge on any atom is 0.240 e. The molecule has 0 saturated carbocycles. The number of carbonyl (C=O) groups excluding carboxylic acids is 2. The van der Waals surface area contributed by atoms with E-state index >= 15 is 0 Å². The van der Waals surface area contributed by atoms with Crippen molar-refractivity contribution in [1.82, 2.24) is 20.7 Å². The zero-order chi connectivity index (χ0) is 16.9. The summed E-state index contributed by atoms with van der Waals surface area (Å²) in [5, 5.41) is 6.88. The minimum Gasteiger partial charge on any atom is -0.356 e. The standard InChI is InChI=1S/C17H23N5O2/c1-11-13-3-2-4-14(13)20-15(19-11)9-10-18-16(23)7-5-12-6-8-17(24)22-21-12/h2-10H2,1H3,(H,18,23)(H,22,24). The van der Waals surface area contributed by atoms with Gasteiger partial charge in [-0.25, -0.2) is 15.4 Å². The van der Waals surface area contributed by atoms with Crippen molar-refractivity contribution in [2.24, 2.45) is 5.10 Å². The van der Waals surface area contributed by atoms with Gasteiger partial charge in [0.25, 0.3) is 0 Å². The maximum atomic E-state index is 11.9. The van der Waals surface area contributed by atoms with Gasteiger partial charge in [0, 0.05) is 42.9 Å². The van der Waals surface area contributed by atoms with Crippen molar-refractivity contribution in [3.63, 3.8) is 0 Å². The Balaban J connectivity index is 1.41. The van der Waals surface area contributed by atoms with Crippen LogP contribution >= 0.6 is 0 Å². The van der Waals surface area contributed by atoms with Crippen LogP contribution in [0, 0.1) is 6.92 Å². The van der Waals surface area contributed by atoms with Crippen LogP contribution in [0.2, 0.25) is 0 Å². The Kier molecular flexibility index (Phi) is 5.17. The summed E-state index contributed by atoms with van der Waals surface area (Å²) >= 11 is 0. The second kappa shape index (κ2) is 7.51. The molecule has 0 fully saturated rings. The summed E-state index contributed by atoms with van der Waals surface area (Å²) in [6.45, 7) is 2.58. The van der Waals surface area contributed by atoms with E-state index in [0.717, 1.165) is 36.5 Å². The number of hydrazone groups is 1. The predicted octanol–water partition coefficient (Wildman–Crippen LogP) is 0.979. The van der Waals surface area contributed by atoms with Gasteiger partial charge in [0.15, 0.2) is 0 Å². The third kappa shape index (κ3) is 4.15. The fourth-order valence-electron chi connectivity index (χ4n) is 3.15. The van der Waals surface area contributed by atoms with Crippen LogP contribution in [-0.2, 0) is 28.9 Å². The Morgan fingerprint density at radius 2 is 2.04 bits per heavy atom. The van der Waals surface area contributed by atoms with E-state index in [-0.39, 0.29) is 11.8 Å². The van der Waals surface area contributed by atoms with Gasteiger partial charge in [0.1, 0.15) is 5.82 Å². The zero-order valence-corrected chi connectivity index (χ0v) is 14.0. The fraction of sp³-hybridized carbons (Fsp3) is 0.588. The lowest BCUT2D eigenvalue weighted by atomic mass is 10.1. The van der Waals surface area contributed by atoms with E-state index in [1.165, 1.54) is 11.3 Å². The number of aromatic nitrogens is 2. The molecule has 0 atom stereocenters. The number of carbonyl (C=O) groups is 2. The molecule has 1 aromatic heterocycles. The van der Waals surface area contributed by atoms with Crippen LogP contribution in [0.4, 0.5) is 0 Å². The van der Waals surface area contributed by atoms with Gasteiger partial charge >= 0.3 is 0 Å². The predicted molar refractivity (Wildman–Crippen MR) is 89.6 cm³/mol. The highest BCUT2D eigenvalue weighted by atomic mass is 16.2. The van der Waals surface area contributed by atoms with Gasteiger partial charge in [0.05, 0.1) is 0 Å². The molecule has 1 aliphatic carbocycles. The monoisotopic (exact) mass is 329 g/mol. The molecule has 2 N–H and O–H groups in total. The molecule has 0 radical (unpaired) electrons. The van der Waals surface area contributed by atoms with Gasteiger partial charge < -0.3 is 5.32 Å². The van der Waals surface area contributed by atoms with Crippen LogP contribution in [-0.4, -0.2) is 34.0 Å². The van der Waals surface area contributed by atoms with E-state index in [4.69, 9.17) is 0 Å². The second-order valence-electron chi connectivity index (χ2n) is 6.32. The summed E-state index contributed by atoms with van der Waals surface area (Å²) in [6.07, 6.45) is 6.00. The molecule has 128 valence electrons. The van der Waals surface area contributed by atoms with Crippen LogP contribution in [0.25, 0.3) is 0 Å². The molecule has 0 bridgehead atoms. The Morgan fingerprint density at radius 3 is 2.83 bits per heavy atom. The van der Waals surface area contributed by atoms with Crippen molar-refractivity contribution >= 4 is 17.5 Å². The van der Waals surface area contributed by atoms with Gasteiger partial charge in [-0.1, -0.05) is 0 Å². The molecule has 7 nitrogen and oxygen atoms in total. The maximum absolute atomic E-state index is 11.9. The van der Waals surface area contributed by atoms with Crippen molar-refractivity contribution in [1.29, 1.82) is 0 Å². The molecule has 0 saturated heterocycles. The van der Waals surface area contributed by atoms with Crippen LogP contribution < -0.4 is 10.7 Å². The summed E-state index contributed by atoms with van der Waals surface area (Å²) in [5.41, 5.74) is 6.89. The number of hydrogen-bond acceptors (Lipinski definition) is 5. The lowest BCUT2D eigenvalue weighted by Gasteiger charge is -2.11. The molecular weight excluding hydrogens is 306 g/mol. The van der Waals surface area contributed by atoms with Gasteiger partial charge in [0.2, 0.25) is 11.8 Å². The van der Waals surface area contributed by atoms with Crippen LogP contribution in [0.15, 0.2) is 5.10 Å². The molecule has 2 amide bonds. The smallest absolute Gasteiger partial charge is 0.240 e. The second-order valence-corrected chi connectivity index (χ2v) is 6.32. The van der Waals surface area contributed by atoms with E-state index < -0.39 is 0 Å². The zero-order valence-electron chi connectivity index (χ0n) is 14.0. The fourth-order valence-corrected chi connectivity index (χ4v) is 3.15. The van der Waals surface area contributed by atoms with E-state index in [1.807, 2.05) is 6.92 Å². The normalized spacial score (nSPS) is 16.4. The molecule has 7 heteroatoms. The SMILES string of the molecule is Cc1nc(CCNC(=O)CCC2=NNC(=O)CC2)nc2c1CCC2. The molecule has 2 aliphatic rings. The average molecular weight is 329 g/mol. The van der Waals surface area contributed by atoms with Crippen molar-refractivity contribution in [3.05, 3.63) is 22.8 Å². The number of hydrogen-bond donors (Lipinski definition) is 2. The Hall–Kier alpha value is -2.31. The summed E-state index contributed by atoms with van der Waals surface area (Å²) < 4.78 is 0. The van der Waals surface area contributed by atoms with Crippen molar-refractivity contribution in [2.75, 3.05) is 6.54 Å². The summed E-state index contributed by atoms with van der Waals surface area (Å²) in [7, 11) is 0. The number of nitrogens with one attached hydrogen (secondary N) is 2. The number of fused-ring (bicyclic) bond motifs is 1. The van der Waals surface area contributed by atoms with Gasteiger partial charge in [-0.2, -0.15) is 5.10 Å². The molecule has 1 aromatic rings. The summed E-state index contributed by atoms with van der Waals surface area (Å²) in [4.78, 5) is 32.1. The molecular formula is C17H23N5O2. The highest BCUT2D eigenvalue weighted by Gasteiger charge is 2.17. The molecule has 3 rings (SSSR count). The molecule has 0 spiro atoms. The topological polar surface area (TPSA) is 96.3 Å². The van der Waals surface area contributed by atoms with Crippen LogP contribution in [0.1, 0.15) is 54.9 Å². The Labute approximate surface area is 141 Å². The van der Waals surface area contributed by atoms with E-state index in [2.05, 4.69) is 25.8 Å². The third-order valence-electron chi connectivity index (χ3n) is 4.48. The Morgan fingerprint density at radius 1 is 1.17 bits per heavy atom. The van der Waals surface area contributed by atoms with Crippen molar-refractivity contribution in [3.8, 4) is 0 Å². The van der Waals surface area contributed by atoms with Crippen molar-refractivity contribution in [2.45, 2.75) is 58.3 Å². The first-order chi connectivity index (χ1) is 11.6. The minimum absolute atomic E-state index is 0.00696. The highest BCUT2D eigenvalue weighted by Crippen LogP contribution is 2.22. The molecule has 0 aromatic carbocycles. The summed E-state index contributed by atoms with van der Waals surface area (Å²) in [6, 6.07) is 0. The van der Waals surface area contributed by atoms with E-state index in [9.17, 15) is 9.59 Å². The molecule has 2 heterocycles. The lowest BCUT2D eigenvalue weighted by Crippen LogP contribution is -2.29. The first-order valence-corrected chi connectivity index (χ1v) is 8.58. The van der Waals surface area contributed by atoms with Gasteiger partial charge in [-0.15, -0.1) is 0 Å². The van der Waals surface area contributed by atoms with E-state index in [0.29, 0.717) is 38.6 Å². The number of amides is 2. The van der Waals surface area contributed by atoms with Gasteiger partial charge in [-0.05, 0) is 44.6 Å². The van der Waals surface area contributed by atoms with E-state index in [1.54, 1.807) is 0 Å². The quantitative estimate of drug-likeness (QED) is 0.813. The average Bonchev–Trinajstić information content (AvgIpc) is 3.03. The van der Waals surface area contributed by atoms with Crippen LogP contribution in [0.3, 0.4) is 0 Å². The number of aryl methyl sites for hydroxylation is 2. The van der Waals surface area contributed by atoms with Gasteiger partial charge in [-0.3, -0.25) is 9.59 Å². The minimum atomic E-state index is -0.0622. The first-order valence-electron chi connectivity index (χ1n) is 8.58. The van der Waals surface area contributed by atoms with Crippen molar-refractivity contribution < 1.29 is 9.59 Å². The molecule has 24 heavy (non-hydrogen) atoms. The Bertz CT molecular complexity index is 684. The molecule has 0 unspecified atom stereocenters. The highest BCUT2D eigenvalue weighted by molar-refractivity contribution is 5.94. The third-order valence-corrected chi connectivity index (χ3v) is 4.48. The number of rotatable bonds is 6. The van der Waals surface area contributed by atoms with Crippen LogP contribution in [0.5, 0.6) is 0 Å². The lowest BCUT2D eigenvalue weighted by molar-refractivity contribution is -0.121. The largest absolute Gasteiger partial charge is 0.356 e. The molecule has 1 aliphatic heterocycles. The summed E-state index contributed by atoms with van der Waals surface area (Å²) in [5.74, 6) is 0.744. The first kappa shape index (κ1) is 16.5.